The lowest BCUT2D eigenvalue weighted by Gasteiger charge is -2.08. The lowest BCUT2D eigenvalue weighted by Crippen LogP contribution is -2.19. The summed E-state index contributed by atoms with van der Waals surface area (Å²) in [4.78, 5) is 23.4. The van der Waals surface area contributed by atoms with Gasteiger partial charge in [0.15, 0.2) is 19.0 Å². The SMILES string of the molecule is Cc1cc(C)cc(OCC(=O)OCC(=O)c2ccccc2)c1. The van der Waals surface area contributed by atoms with Crippen molar-refractivity contribution in [2.24, 2.45) is 0 Å². The summed E-state index contributed by atoms with van der Waals surface area (Å²) < 4.78 is 10.3. The van der Waals surface area contributed by atoms with Gasteiger partial charge in [-0.05, 0) is 37.1 Å². The van der Waals surface area contributed by atoms with Gasteiger partial charge < -0.3 is 9.47 Å². The molecule has 0 aliphatic heterocycles. The van der Waals surface area contributed by atoms with E-state index in [1.165, 1.54) is 0 Å². The molecular weight excluding hydrogens is 280 g/mol. The van der Waals surface area contributed by atoms with Crippen LogP contribution < -0.4 is 4.74 Å². The van der Waals surface area contributed by atoms with E-state index in [1.54, 1.807) is 24.3 Å². The van der Waals surface area contributed by atoms with Crippen molar-refractivity contribution in [1.29, 1.82) is 0 Å². The molecule has 0 aliphatic rings. The Morgan fingerprint density at radius 3 is 2.18 bits per heavy atom. The molecule has 2 aromatic rings. The van der Waals surface area contributed by atoms with Gasteiger partial charge in [0.05, 0.1) is 0 Å². The van der Waals surface area contributed by atoms with Gasteiger partial charge in [-0.25, -0.2) is 4.79 Å². The highest BCUT2D eigenvalue weighted by atomic mass is 16.6. The van der Waals surface area contributed by atoms with Gasteiger partial charge in [0.25, 0.3) is 0 Å². The zero-order valence-electron chi connectivity index (χ0n) is 12.7. The lowest BCUT2D eigenvalue weighted by atomic mass is 10.1. The minimum atomic E-state index is -0.566. The van der Waals surface area contributed by atoms with Crippen LogP contribution in [-0.4, -0.2) is 25.0 Å². The molecule has 4 heteroatoms. The van der Waals surface area contributed by atoms with Crippen LogP contribution in [0.2, 0.25) is 0 Å². The number of esters is 1. The molecule has 2 aromatic carbocycles. The van der Waals surface area contributed by atoms with Crippen molar-refractivity contribution in [2.45, 2.75) is 13.8 Å². The van der Waals surface area contributed by atoms with Crippen molar-refractivity contribution < 1.29 is 19.1 Å². The van der Waals surface area contributed by atoms with Gasteiger partial charge in [-0.2, -0.15) is 0 Å². The maximum absolute atomic E-state index is 11.8. The average molecular weight is 298 g/mol. The number of Topliss-reactive ketones (excluding diaryl/α,β-unsaturated/α-hetero) is 1. The predicted molar refractivity (Wildman–Crippen MR) is 83.1 cm³/mol. The van der Waals surface area contributed by atoms with Crippen LogP contribution in [0.15, 0.2) is 48.5 Å². The van der Waals surface area contributed by atoms with Crippen LogP contribution in [0.4, 0.5) is 0 Å². The third kappa shape index (κ3) is 4.74. The Kier molecular flexibility index (Phi) is 5.31. The smallest absolute Gasteiger partial charge is 0.344 e. The van der Waals surface area contributed by atoms with Gasteiger partial charge in [-0.3, -0.25) is 4.79 Å². The predicted octanol–water partition coefficient (Wildman–Crippen LogP) is 3.11. The number of hydrogen-bond donors (Lipinski definition) is 0. The fraction of sp³-hybridized carbons (Fsp3) is 0.222. The van der Waals surface area contributed by atoms with E-state index in [0.717, 1.165) is 11.1 Å². The fourth-order valence-electron chi connectivity index (χ4n) is 2.05. The molecule has 0 aromatic heterocycles. The second-order valence-electron chi connectivity index (χ2n) is 5.06. The lowest BCUT2D eigenvalue weighted by molar-refractivity contribution is -0.144. The van der Waals surface area contributed by atoms with Crippen molar-refractivity contribution in [3.8, 4) is 5.75 Å². The standard InChI is InChI=1S/C18H18O4/c1-13-8-14(2)10-16(9-13)21-12-18(20)22-11-17(19)15-6-4-3-5-7-15/h3-10H,11-12H2,1-2H3. The summed E-state index contributed by atoms with van der Waals surface area (Å²) in [6, 6.07) is 14.4. The normalized spacial score (nSPS) is 10.1. The first-order chi connectivity index (χ1) is 10.5. The summed E-state index contributed by atoms with van der Waals surface area (Å²) in [7, 11) is 0. The van der Waals surface area contributed by atoms with E-state index in [9.17, 15) is 9.59 Å². The third-order valence-corrected chi connectivity index (χ3v) is 3.01. The zero-order chi connectivity index (χ0) is 15.9. The summed E-state index contributed by atoms with van der Waals surface area (Å²) in [5, 5.41) is 0. The van der Waals surface area contributed by atoms with E-state index in [4.69, 9.17) is 9.47 Å². The molecule has 0 amide bonds. The summed E-state index contributed by atoms with van der Waals surface area (Å²) in [6.07, 6.45) is 0. The van der Waals surface area contributed by atoms with Gasteiger partial charge in [-0.1, -0.05) is 36.4 Å². The number of benzene rings is 2. The van der Waals surface area contributed by atoms with E-state index in [1.807, 2.05) is 38.1 Å². The van der Waals surface area contributed by atoms with E-state index < -0.39 is 5.97 Å². The molecule has 0 saturated heterocycles. The molecule has 0 unspecified atom stereocenters. The van der Waals surface area contributed by atoms with Gasteiger partial charge >= 0.3 is 5.97 Å². The van der Waals surface area contributed by atoms with Crippen molar-refractivity contribution >= 4 is 11.8 Å². The summed E-state index contributed by atoms with van der Waals surface area (Å²) in [5.74, 6) is -0.187. The largest absolute Gasteiger partial charge is 0.482 e. The van der Waals surface area contributed by atoms with Gasteiger partial charge in [-0.15, -0.1) is 0 Å². The first-order valence-corrected chi connectivity index (χ1v) is 6.99. The van der Waals surface area contributed by atoms with Gasteiger partial charge in [0, 0.05) is 5.56 Å². The quantitative estimate of drug-likeness (QED) is 0.607. The highest BCUT2D eigenvalue weighted by Gasteiger charge is 2.10. The fourth-order valence-corrected chi connectivity index (χ4v) is 2.05. The number of rotatable bonds is 6. The van der Waals surface area contributed by atoms with Crippen molar-refractivity contribution in [3.63, 3.8) is 0 Å². The van der Waals surface area contributed by atoms with Crippen molar-refractivity contribution in [2.75, 3.05) is 13.2 Å². The van der Waals surface area contributed by atoms with E-state index in [0.29, 0.717) is 11.3 Å². The highest BCUT2D eigenvalue weighted by Crippen LogP contribution is 2.16. The Hall–Kier alpha value is -2.62. The Morgan fingerprint density at radius 1 is 0.909 bits per heavy atom. The number of carbonyl (C=O) groups excluding carboxylic acids is 2. The maximum atomic E-state index is 11.8. The second kappa shape index (κ2) is 7.41. The van der Waals surface area contributed by atoms with Crippen LogP contribution in [0.25, 0.3) is 0 Å². The van der Waals surface area contributed by atoms with E-state index in [-0.39, 0.29) is 19.0 Å². The molecule has 0 fully saturated rings. The molecule has 0 bridgehead atoms. The number of carbonyl (C=O) groups is 2. The van der Waals surface area contributed by atoms with E-state index in [2.05, 4.69) is 0 Å². The molecule has 2 rings (SSSR count). The molecule has 0 atom stereocenters. The molecular formula is C18H18O4. The average Bonchev–Trinajstić information content (AvgIpc) is 2.50. The molecule has 0 heterocycles. The highest BCUT2D eigenvalue weighted by molar-refractivity contribution is 5.97. The molecule has 22 heavy (non-hydrogen) atoms. The summed E-state index contributed by atoms with van der Waals surface area (Å²) >= 11 is 0. The topological polar surface area (TPSA) is 52.6 Å². The molecule has 0 saturated carbocycles. The Balaban J connectivity index is 1.80. The number of ether oxygens (including phenoxy) is 2. The number of ketones is 1. The zero-order valence-corrected chi connectivity index (χ0v) is 12.7. The van der Waals surface area contributed by atoms with Crippen LogP contribution >= 0.6 is 0 Å². The van der Waals surface area contributed by atoms with Gasteiger partial charge in [0.1, 0.15) is 5.75 Å². The van der Waals surface area contributed by atoms with Crippen LogP contribution in [0.1, 0.15) is 21.5 Å². The Labute approximate surface area is 129 Å². The van der Waals surface area contributed by atoms with Crippen LogP contribution in [0.3, 0.4) is 0 Å². The molecule has 0 aliphatic carbocycles. The molecule has 0 radical (unpaired) electrons. The third-order valence-electron chi connectivity index (χ3n) is 3.01. The van der Waals surface area contributed by atoms with Crippen molar-refractivity contribution in [3.05, 3.63) is 65.2 Å². The minimum absolute atomic E-state index is 0.217. The van der Waals surface area contributed by atoms with Crippen LogP contribution in [0, 0.1) is 13.8 Å². The maximum Gasteiger partial charge on any atom is 0.344 e. The minimum Gasteiger partial charge on any atom is -0.482 e. The molecule has 0 N–H and O–H groups in total. The van der Waals surface area contributed by atoms with Crippen LogP contribution in [-0.2, 0) is 9.53 Å². The Morgan fingerprint density at radius 2 is 1.55 bits per heavy atom. The summed E-state index contributed by atoms with van der Waals surface area (Å²) in [5.41, 5.74) is 2.63. The van der Waals surface area contributed by atoms with Gasteiger partial charge in [0.2, 0.25) is 0 Å². The number of aryl methyl sites for hydroxylation is 2. The van der Waals surface area contributed by atoms with E-state index >= 15 is 0 Å². The molecule has 4 nitrogen and oxygen atoms in total. The summed E-state index contributed by atoms with van der Waals surface area (Å²) in [6.45, 7) is 3.41. The number of hydrogen-bond acceptors (Lipinski definition) is 4. The molecule has 0 spiro atoms. The first-order valence-electron chi connectivity index (χ1n) is 6.99. The Bertz CT molecular complexity index is 642. The first kappa shape index (κ1) is 15.8. The van der Waals surface area contributed by atoms with Crippen molar-refractivity contribution in [1.82, 2.24) is 0 Å². The second-order valence-corrected chi connectivity index (χ2v) is 5.06. The monoisotopic (exact) mass is 298 g/mol. The van der Waals surface area contributed by atoms with Crippen LogP contribution in [0.5, 0.6) is 5.75 Å². The molecule has 114 valence electrons.